The van der Waals surface area contributed by atoms with E-state index in [-0.39, 0.29) is 0 Å². The molecule has 0 aromatic heterocycles. The summed E-state index contributed by atoms with van der Waals surface area (Å²) in [4.78, 5) is 13.8. The third kappa shape index (κ3) is 4.05. The SMILES string of the molecule is CCOc1ccc(OCC)c(-c2nc3c(N)ncn(CCc4ccccc4)c-3n2)c1. The van der Waals surface area contributed by atoms with E-state index in [0.717, 1.165) is 24.3 Å². The first-order valence-corrected chi connectivity index (χ1v) is 10.1. The lowest BCUT2D eigenvalue weighted by Crippen LogP contribution is -2.09. The molecule has 0 radical (unpaired) electrons. The summed E-state index contributed by atoms with van der Waals surface area (Å²) in [6.07, 6.45) is 2.58. The lowest BCUT2D eigenvalue weighted by molar-refractivity contribution is 0.331. The predicted octanol–water partition coefficient (Wildman–Crippen LogP) is 4.07. The third-order valence-corrected chi connectivity index (χ3v) is 4.78. The molecule has 0 unspecified atom stereocenters. The Morgan fingerprint density at radius 3 is 2.53 bits per heavy atom. The Hall–Kier alpha value is -3.61. The van der Waals surface area contributed by atoms with Crippen molar-refractivity contribution in [3.63, 3.8) is 0 Å². The minimum absolute atomic E-state index is 0.360. The molecule has 4 rings (SSSR count). The average Bonchev–Trinajstić information content (AvgIpc) is 3.22. The van der Waals surface area contributed by atoms with Gasteiger partial charge in [0, 0.05) is 6.54 Å². The van der Waals surface area contributed by atoms with Crippen molar-refractivity contribution in [1.29, 1.82) is 0 Å². The van der Waals surface area contributed by atoms with Crippen LogP contribution in [0.25, 0.3) is 22.9 Å². The van der Waals surface area contributed by atoms with Crippen LogP contribution >= 0.6 is 0 Å². The highest BCUT2D eigenvalue weighted by atomic mass is 16.5. The van der Waals surface area contributed by atoms with Gasteiger partial charge in [0.25, 0.3) is 0 Å². The van der Waals surface area contributed by atoms with Crippen LogP contribution in [0.15, 0.2) is 54.9 Å². The van der Waals surface area contributed by atoms with E-state index in [1.54, 1.807) is 6.33 Å². The topological polar surface area (TPSA) is 88.1 Å². The number of imidazole rings is 1. The molecular formula is C23H25N5O2. The summed E-state index contributed by atoms with van der Waals surface area (Å²) in [5.41, 5.74) is 8.72. The van der Waals surface area contributed by atoms with Crippen LogP contribution in [0.4, 0.5) is 5.82 Å². The molecule has 7 nitrogen and oxygen atoms in total. The Morgan fingerprint density at radius 1 is 0.967 bits per heavy atom. The van der Waals surface area contributed by atoms with E-state index in [2.05, 4.69) is 22.1 Å². The highest BCUT2D eigenvalue weighted by Gasteiger charge is 2.22. The van der Waals surface area contributed by atoms with Gasteiger partial charge in [-0.2, -0.15) is 0 Å². The maximum absolute atomic E-state index is 6.12. The van der Waals surface area contributed by atoms with Crippen molar-refractivity contribution >= 4 is 5.82 Å². The number of ether oxygens (including phenoxy) is 2. The van der Waals surface area contributed by atoms with Crippen LogP contribution in [0.5, 0.6) is 11.5 Å². The minimum atomic E-state index is 0.360. The van der Waals surface area contributed by atoms with E-state index in [9.17, 15) is 0 Å². The van der Waals surface area contributed by atoms with Crippen molar-refractivity contribution < 1.29 is 9.47 Å². The molecule has 0 amide bonds. The first-order chi connectivity index (χ1) is 14.7. The van der Waals surface area contributed by atoms with E-state index in [1.165, 1.54) is 5.56 Å². The number of nitrogen functional groups attached to an aromatic ring is 1. The molecule has 7 heteroatoms. The monoisotopic (exact) mass is 403 g/mol. The van der Waals surface area contributed by atoms with Gasteiger partial charge < -0.3 is 19.8 Å². The van der Waals surface area contributed by atoms with Gasteiger partial charge in [-0.15, -0.1) is 0 Å². The first-order valence-electron chi connectivity index (χ1n) is 10.1. The van der Waals surface area contributed by atoms with Gasteiger partial charge in [-0.3, -0.25) is 0 Å². The average molecular weight is 403 g/mol. The lowest BCUT2D eigenvalue weighted by atomic mass is 10.1. The number of benzene rings is 2. The Balaban J connectivity index is 1.73. The van der Waals surface area contributed by atoms with Crippen LogP contribution in [0.3, 0.4) is 0 Å². The number of fused-ring (bicyclic) bond motifs is 1. The fraction of sp³-hybridized carbons (Fsp3) is 0.261. The Bertz CT molecular complexity index is 1090. The third-order valence-electron chi connectivity index (χ3n) is 4.78. The quantitative estimate of drug-likeness (QED) is 0.477. The van der Waals surface area contributed by atoms with Crippen molar-refractivity contribution in [3.05, 3.63) is 60.4 Å². The molecule has 2 N–H and O–H groups in total. The summed E-state index contributed by atoms with van der Waals surface area (Å²) in [5.74, 6) is 3.06. The van der Waals surface area contributed by atoms with Gasteiger partial charge in [-0.1, -0.05) is 30.3 Å². The smallest absolute Gasteiger partial charge is 0.166 e. The number of aromatic nitrogens is 4. The fourth-order valence-electron chi connectivity index (χ4n) is 3.35. The maximum Gasteiger partial charge on any atom is 0.166 e. The van der Waals surface area contributed by atoms with Gasteiger partial charge in [0.2, 0.25) is 0 Å². The zero-order valence-electron chi connectivity index (χ0n) is 17.2. The van der Waals surface area contributed by atoms with Crippen molar-refractivity contribution in [3.8, 4) is 34.4 Å². The lowest BCUT2D eigenvalue weighted by Gasteiger charge is -2.11. The van der Waals surface area contributed by atoms with Crippen molar-refractivity contribution in [2.45, 2.75) is 26.8 Å². The minimum Gasteiger partial charge on any atom is -0.494 e. The zero-order valence-corrected chi connectivity index (χ0v) is 17.2. The van der Waals surface area contributed by atoms with Crippen LogP contribution in [-0.2, 0) is 13.0 Å². The van der Waals surface area contributed by atoms with Gasteiger partial charge in [0.05, 0.1) is 25.1 Å². The molecule has 0 saturated heterocycles. The molecular weight excluding hydrogens is 378 g/mol. The summed E-state index contributed by atoms with van der Waals surface area (Å²) in [7, 11) is 0. The molecule has 2 heterocycles. The van der Waals surface area contributed by atoms with E-state index in [4.69, 9.17) is 20.2 Å². The second-order valence-corrected chi connectivity index (χ2v) is 6.80. The summed E-state index contributed by atoms with van der Waals surface area (Å²) >= 11 is 0. The molecule has 0 aliphatic carbocycles. The molecule has 154 valence electrons. The maximum atomic E-state index is 6.12. The second-order valence-electron chi connectivity index (χ2n) is 6.80. The van der Waals surface area contributed by atoms with Crippen molar-refractivity contribution in [2.24, 2.45) is 0 Å². The van der Waals surface area contributed by atoms with Crippen molar-refractivity contribution in [2.75, 3.05) is 18.9 Å². The highest BCUT2D eigenvalue weighted by molar-refractivity contribution is 5.74. The van der Waals surface area contributed by atoms with Crippen LogP contribution < -0.4 is 15.2 Å². The normalized spacial score (nSPS) is 11.0. The van der Waals surface area contributed by atoms with Gasteiger partial charge >= 0.3 is 0 Å². The van der Waals surface area contributed by atoms with Crippen LogP contribution in [-0.4, -0.2) is 32.7 Å². The molecule has 0 fully saturated rings. The van der Waals surface area contributed by atoms with E-state index < -0.39 is 0 Å². The Kier molecular flexibility index (Phi) is 5.79. The first kappa shape index (κ1) is 19.7. The number of nitrogens with two attached hydrogens (primary N) is 1. The standard InChI is InChI=1S/C23H25N5O2/c1-3-29-17-10-11-19(30-4-2)18(14-17)22-26-20-21(24)25-15-28(23(20)27-22)13-12-16-8-6-5-7-9-16/h5-11,14-15H,3-4,12-13,24H2,1-2H3. The Labute approximate surface area is 175 Å². The fourth-order valence-corrected chi connectivity index (χ4v) is 3.35. The number of nitrogens with zero attached hydrogens (tertiary/aromatic N) is 4. The molecule has 0 atom stereocenters. The summed E-state index contributed by atoms with van der Waals surface area (Å²) in [6.45, 7) is 5.74. The largest absolute Gasteiger partial charge is 0.494 e. The molecule has 30 heavy (non-hydrogen) atoms. The van der Waals surface area contributed by atoms with Gasteiger partial charge in [-0.25, -0.2) is 15.0 Å². The van der Waals surface area contributed by atoms with E-state index in [1.807, 2.05) is 54.8 Å². The predicted molar refractivity (Wildman–Crippen MR) is 117 cm³/mol. The number of hydrogen-bond donors (Lipinski definition) is 1. The van der Waals surface area contributed by atoms with E-state index >= 15 is 0 Å². The van der Waals surface area contributed by atoms with Gasteiger partial charge in [0.1, 0.15) is 11.5 Å². The Morgan fingerprint density at radius 2 is 1.77 bits per heavy atom. The zero-order chi connectivity index (χ0) is 20.9. The number of anilines is 1. The highest BCUT2D eigenvalue weighted by Crippen LogP contribution is 2.35. The molecule has 0 bridgehead atoms. The molecule has 0 spiro atoms. The number of rotatable bonds is 8. The molecule has 0 saturated carbocycles. The van der Waals surface area contributed by atoms with E-state index in [0.29, 0.717) is 42.1 Å². The van der Waals surface area contributed by atoms with Crippen LogP contribution in [0.1, 0.15) is 19.4 Å². The molecule has 2 aromatic carbocycles. The van der Waals surface area contributed by atoms with Crippen LogP contribution in [0, 0.1) is 0 Å². The molecule has 2 aliphatic rings. The van der Waals surface area contributed by atoms with Crippen LogP contribution in [0.2, 0.25) is 0 Å². The second kappa shape index (κ2) is 8.82. The number of aryl methyl sites for hydroxylation is 2. The van der Waals surface area contributed by atoms with Gasteiger partial charge in [0.15, 0.2) is 23.2 Å². The summed E-state index contributed by atoms with van der Waals surface area (Å²) < 4.78 is 13.4. The summed E-state index contributed by atoms with van der Waals surface area (Å²) in [6, 6.07) is 16.0. The van der Waals surface area contributed by atoms with Crippen molar-refractivity contribution in [1.82, 2.24) is 19.5 Å². The molecule has 2 aliphatic heterocycles. The molecule has 2 aromatic rings. The summed E-state index contributed by atoms with van der Waals surface area (Å²) in [5, 5.41) is 0. The van der Waals surface area contributed by atoms with Gasteiger partial charge in [-0.05, 0) is 44.0 Å². The number of hydrogen-bond acceptors (Lipinski definition) is 6.